The smallest absolute Gasteiger partial charge is 0.241 e. The molecule has 0 heterocycles. The molecule has 88 valence electrons. The van der Waals surface area contributed by atoms with Gasteiger partial charge >= 0.3 is 0 Å². The van der Waals surface area contributed by atoms with Crippen molar-refractivity contribution in [2.45, 2.75) is 26.5 Å². The number of carbonyl (C=O) groups excluding carboxylic acids is 1. The van der Waals surface area contributed by atoms with Gasteiger partial charge in [0.15, 0.2) is 0 Å². The lowest BCUT2D eigenvalue weighted by Gasteiger charge is -2.12. The van der Waals surface area contributed by atoms with Crippen LogP contribution in [0.4, 0.5) is 5.69 Å². The van der Waals surface area contributed by atoms with Crippen molar-refractivity contribution in [3.8, 4) is 0 Å². The van der Waals surface area contributed by atoms with Crippen LogP contribution in [0.5, 0.6) is 0 Å². The van der Waals surface area contributed by atoms with Crippen molar-refractivity contribution in [3.05, 3.63) is 29.8 Å². The Labute approximate surface area is 95.8 Å². The maximum absolute atomic E-state index is 11.5. The molecule has 0 unspecified atom stereocenters. The predicted molar refractivity (Wildman–Crippen MR) is 64.1 cm³/mol. The Hall–Kier alpha value is -1.39. The number of para-hydroxylation sites is 1. The second-order valence-corrected chi connectivity index (χ2v) is 3.57. The summed E-state index contributed by atoms with van der Waals surface area (Å²) in [6, 6.07) is 7.03. The molecule has 0 bridgehead atoms. The van der Waals surface area contributed by atoms with Crippen molar-refractivity contribution in [2.75, 3.05) is 11.9 Å². The van der Waals surface area contributed by atoms with Gasteiger partial charge in [-0.05, 0) is 19.9 Å². The average Bonchev–Trinajstić information content (AvgIpc) is 2.27. The molecule has 1 rings (SSSR count). The summed E-state index contributed by atoms with van der Waals surface area (Å²) < 4.78 is 5.32. The van der Waals surface area contributed by atoms with Gasteiger partial charge in [0, 0.05) is 17.9 Å². The summed E-state index contributed by atoms with van der Waals surface area (Å²) in [6.07, 6.45) is 0. The Balaban J connectivity index is 2.74. The predicted octanol–water partition coefficient (Wildman–Crippen LogP) is 1.51. The maximum atomic E-state index is 11.5. The zero-order chi connectivity index (χ0) is 12.0. The molecule has 1 atom stereocenters. The number of benzene rings is 1. The zero-order valence-electron chi connectivity index (χ0n) is 9.69. The Bertz CT molecular complexity index is 351. The molecule has 3 N–H and O–H groups in total. The Morgan fingerprint density at radius 2 is 2.19 bits per heavy atom. The standard InChI is InChI=1S/C12H18N2O2/c1-3-16-8-10-6-4-5-7-11(10)14-12(15)9(2)13/h4-7,9H,3,8,13H2,1-2H3,(H,14,15)/t9-/m1/s1. The van der Waals surface area contributed by atoms with Gasteiger partial charge in [0.2, 0.25) is 5.91 Å². The minimum Gasteiger partial charge on any atom is -0.377 e. The first-order valence-corrected chi connectivity index (χ1v) is 5.37. The summed E-state index contributed by atoms with van der Waals surface area (Å²) in [4.78, 5) is 11.5. The number of hydrogen-bond donors (Lipinski definition) is 2. The van der Waals surface area contributed by atoms with Gasteiger partial charge in [-0.15, -0.1) is 0 Å². The second kappa shape index (κ2) is 6.25. The lowest BCUT2D eigenvalue weighted by Crippen LogP contribution is -2.32. The van der Waals surface area contributed by atoms with Crippen LogP contribution in [-0.2, 0) is 16.1 Å². The third-order valence-electron chi connectivity index (χ3n) is 2.15. The van der Waals surface area contributed by atoms with E-state index in [1.54, 1.807) is 6.92 Å². The number of ether oxygens (including phenoxy) is 1. The fourth-order valence-corrected chi connectivity index (χ4v) is 1.23. The van der Waals surface area contributed by atoms with Crippen molar-refractivity contribution in [2.24, 2.45) is 5.73 Å². The summed E-state index contributed by atoms with van der Waals surface area (Å²) >= 11 is 0. The first kappa shape index (κ1) is 12.7. The van der Waals surface area contributed by atoms with E-state index >= 15 is 0 Å². The molecule has 0 aliphatic rings. The number of amides is 1. The second-order valence-electron chi connectivity index (χ2n) is 3.57. The maximum Gasteiger partial charge on any atom is 0.241 e. The zero-order valence-corrected chi connectivity index (χ0v) is 9.69. The minimum absolute atomic E-state index is 0.191. The van der Waals surface area contributed by atoms with Crippen LogP contribution >= 0.6 is 0 Å². The topological polar surface area (TPSA) is 64.3 Å². The third-order valence-corrected chi connectivity index (χ3v) is 2.15. The fraction of sp³-hybridized carbons (Fsp3) is 0.417. The summed E-state index contributed by atoms with van der Waals surface area (Å²) in [5, 5.41) is 2.77. The number of hydrogen-bond acceptors (Lipinski definition) is 3. The molecule has 1 amide bonds. The van der Waals surface area contributed by atoms with E-state index in [1.807, 2.05) is 31.2 Å². The van der Waals surface area contributed by atoms with Crippen LogP contribution in [0.2, 0.25) is 0 Å². The minimum atomic E-state index is -0.514. The van der Waals surface area contributed by atoms with Crippen molar-refractivity contribution >= 4 is 11.6 Å². The van der Waals surface area contributed by atoms with Crippen LogP contribution in [0.25, 0.3) is 0 Å². The van der Waals surface area contributed by atoms with Crippen LogP contribution in [0.15, 0.2) is 24.3 Å². The summed E-state index contributed by atoms with van der Waals surface area (Å²) in [5.41, 5.74) is 7.21. The molecule has 1 aromatic carbocycles. The van der Waals surface area contributed by atoms with Crippen molar-refractivity contribution < 1.29 is 9.53 Å². The molecular formula is C12H18N2O2. The first-order chi connectivity index (χ1) is 7.65. The third kappa shape index (κ3) is 3.64. The molecule has 0 aliphatic heterocycles. The molecule has 0 spiro atoms. The number of nitrogens with two attached hydrogens (primary N) is 1. The molecule has 4 nitrogen and oxygen atoms in total. The molecule has 0 fully saturated rings. The molecule has 0 aromatic heterocycles. The van der Waals surface area contributed by atoms with Gasteiger partial charge in [-0.1, -0.05) is 18.2 Å². The van der Waals surface area contributed by atoms with Gasteiger partial charge in [0.05, 0.1) is 12.6 Å². The summed E-state index contributed by atoms with van der Waals surface area (Å²) in [6.45, 7) is 4.73. The number of anilines is 1. The van der Waals surface area contributed by atoms with Crippen molar-refractivity contribution in [1.82, 2.24) is 0 Å². The van der Waals surface area contributed by atoms with Crippen LogP contribution in [0.3, 0.4) is 0 Å². The van der Waals surface area contributed by atoms with Crippen LogP contribution in [-0.4, -0.2) is 18.6 Å². The molecular weight excluding hydrogens is 204 g/mol. The molecule has 0 aliphatic carbocycles. The molecule has 16 heavy (non-hydrogen) atoms. The van der Waals surface area contributed by atoms with E-state index in [0.29, 0.717) is 13.2 Å². The van der Waals surface area contributed by atoms with Gasteiger partial charge in [-0.25, -0.2) is 0 Å². The summed E-state index contributed by atoms with van der Waals surface area (Å²) in [7, 11) is 0. The van der Waals surface area contributed by atoms with Crippen LogP contribution in [0.1, 0.15) is 19.4 Å². The van der Waals surface area contributed by atoms with Gasteiger partial charge in [0.1, 0.15) is 0 Å². The van der Waals surface area contributed by atoms with E-state index < -0.39 is 6.04 Å². The number of carbonyl (C=O) groups is 1. The fourth-order valence-electron chi connectivity index (χ4n) is 1.23. The average molecular weight is 222 g/mol. The molecule has 0 saturated carbocycles. The highest BCUT2D eigenvalue weighted by Gasteiger charge is 2.09. The van der Waals surface area contributed by atoms with E-state index in [-0.39, 0.29) is 5.91 Å². The first-order valence-electron chi connectivity index (χ1n) is 5.37. The van der Waals surface area contributed by atoms with Crippen molar-refractivity contribution in [3.63, 3.8) is 0 Å². The van der Waals surface area contributed by atoms with E-state index in [2.05, 4.69) is 5.32 Å². The highest BCUT2D eigenvalue weighted by atomic mass is 16.5. The van der Waals surface area contributed by atoms with Gasteiger partial charge in [-0.3, -0.25) is 4.79 Å². The number of rotatable bonds is 5. The number of nitrogens with one attached hydrogen (secondary N) is 1. The molecule has 4 heteroatoms. The molecule has 0 saturated heterocycles. The van der Waals surface area contributed by atoms with E-state index in [9.17, 15) is 4.79 Å². The van der Waals surface area contributed by atoms with Crippen molar-refractivity contribution in [1.29, 1.82) is 0 Å². The lowest BCUT2D eigenvalue weighted by molar-refractivity contribution is -0.117. The Morgan fingerprint density at radius 3 is 2.81 bits per heavy atom. The van der Waals surface area contributed by atoms with Gasteiger partial charge in [-0.2, -0.15) is 0 Å². The normalized spacial score (nSPS) is 12.2. The monoisotopic (exact) mass is 222 g/mol. The van der Waals surface area contributed by atoms with Crippen LogP contribution in [0, 0.1) is 0 Å². The summed E-state index contributed by atoms with van der Waals surface area (Å²) in [5.74, 6) is -0.191. The highest BCUT2D eigenvalue weighted by molar-refractivity contribution is 5.94. The quantitative estimate of drug-likeness (QED) is 0.793. The van der Waals surface area contributed by atoms with Gasteiger partial charge < -0.3 is 15.8 Å². The Kier molecular flexibility index (Phi) is 4.95. The SMILES string of the molecule is CCOCc1ccccc1NC(=O)[C@@H](C)N. The van der Waals surface area contributed by atoms with E-state index in [1.165, 1.54) is 0 Å². The molecule has 0 radical (unpaired) electrons. The van der Waals surface area contributed by atoms with Gasteiger partial charge in [0.25, 0.3) is 0 Å². The lowest BCUT2D eigenvalue weighted by atomic mass is 10.2. The largest absolute Gasteiger partial charge is 0.377 e. The molecule has 1 aromatic rings. The van der Waals surface area contributed by atoms with E-state index in [4.69, 9.17) is 10.5 Å². The van der Waals surface area contributed by atoms with Crippen LogP contribution < -0.4 is 11.1 Å². The highest BCUT2D eigenvalue weighted by Crippen LogP contribution is 2.16. The van der Waals surface area contributed by atoms with E-state index in [0.717, 1.165) is 11.3 Å². The Morgan fingerprint density at radius 1 is 1.50 bits per heavy atom.